The molecule has 6 heteroatoms. The maximum absolute atomic E-state index is 12.9. The second-order valence-electron chi connectivity index (χ2n) is 6.77. The number of esters is 1. The minimum Gasteiger partial charge on any atom is -0.456 e. The number of carbonyl (C=O) groups excluding carboxylic acids is 1. The van der Waals surface area contributed by atoms with E-state index in [-0.39, 0.29) is 24.4 Å². The van der Waals surface area contributed by atoms with Crippen LogP contribution in [0.2, 0.25) is 0 Å². The second kappa shape index (κ2) is 8.97. The van der Waals surface area contributed by atoms with E-state index in [4.69, 9.17) is 4.74 Å². The molecule has 0 saturated heterocycles. The van der Waals surface area contributed by atoms with Crippen molar-refractivity contribution in [1.82, 2.24) is 9.78 Å². The number of carbonyl (C=O) groups is 1. The lowest BCUT2D eigenvalue weighted by Crippen LogP contribution is -2.27. The van der Waals surface area contributed by atoms with Crippen molar-refractivity contribution in [3.8, 4) is 0 Å². The molecule has 0 atom stereocenters. The van der Waals surface area contributed by atoms with E-state index in [1.807, 2.05) is 60.9 Å². The van der Waals surface area contributed by atoms with Crippen molar-refractivity contribution in [1.29, 1.82) is 0 Å². The summed E-state index contributed by atoms with van der Waals surface area (Å²) in [7, 11) is 0. The van der Waals surface area contributed by atoms with E-state index in [1.165, 1.54) is 4.68 Å². The zero-order valence-corrected chi connectivity index (χ0v) is 17.3. The highest BCUT2D eigenvalue weighted by atomic mass is 32.2. The standard InChI is InChI=1S/C24H20N2O3S/c1-30-19-13-11-18(12-14-19)16-29-24(28)22-20-9-5-6-10-21(20)23(27)26(25-22)15-17-7-3-2-4-8-17/h2-14H,15-16H2,1H3. The summed E-state index contributed by atoms with van der Waals surface area (Å²) in [4.78, 5) is 26.9. The third kappa shape index (κ3) is 4.28. The molecule has 0 radical (unpaired) electrons. The van der Waals surface area contributed by atoms with E-state index in [9.17, 15) is 9.59 Å². The zero-order chi connectivity index (χ0) is 20.9. The number of hydrogen-bond acceptors (Lipinski definition) is 5. The van der Waals surface area contributed by atoms with Gasteiger partial charge in [-0.3, -0.25) is 4.79 Å². The molecule has 0 unspecified atom stereocenters. The topological polar surface area (TPSA) is 61.2 Å². The van der Waals surface area contributed by atoms with Gasteiger partial charge in [-0.15, -0.1) is 11.8 Å². The monoisotopic (exact) mass is 416 g/mol. The average molecular weight is 417 g/mol. The van der Waals surface area contributed by atoms with E-state index in [0.29, 0.717) is 10.8 Å². The lowest BCUT2D eigenvalue weighted by molar-refractivity contribution is 0.0465. The van der Waals surface area contributed by atoms with Gasteiger partial charge >= 0.3 is 5.97 Å². The molecular formula is C24H20N2O3S. The smallest absolute Gasteiger partial charge is 0.359 e. The fourth-order valence-corrected chi connectivity index (χ4v) is 3.60. The molecule has 4 rings (SSSR count). The first-order valence-electron chi connectivity index (χ1n) is 9.49. The molecule has 0 aliphatic heterocycles. The molecule has 0 bridgehead atoms. The molecule has 0 aliphatic carbocycles. The summed E-state index contributed by atoms with van der Waals surface area (Å²) >= 11 is 1.65. The first kappa shape index (κ1) is 19.9. The SMILES string of the molecule is CSc1ccc(COC(=O)c2nn(Cc3ccccc3)c(=O)c3ccccc23)cc1. The molecule has 1 aromatic heterocycles. The van der Waals surface area contributed by atoms with Gasteiger partial charge in [-0.2, -0.15) is 5.10 Å². The first-order chi connectivity index (χ1) is 14.7. The summed E-state index contributed by atoms with van der Waals surface area (Å²) in [6.07, 6.45) is 2.01. The summed E-state index contributed by atoms with van der Waals surface area (Å²) in [5.74, 6) is -0.554. The molecule has 3 aromatic carbocycles. The Bertz CT molecular complexity index is 1240. The van der Waals surface area contributed by atoms with Crippen LogP contribution in [0.4, 0.5) is 0 Å². The minimum atomic E-state index is -0.554. The van der Waals surface area contributed by atoms with E-state index in [0.717, 1.165) is 16.0 Å². The molecule has 0 spiro atoms. The van der Waals surface area contributed by atoms with Crippen molar-refractivity contribution < 1.29 is 9.53 Å². The van der Waals surface area contributed by atoms with Gasteiger partial charge in [-0.1, -0.05) is 60.7 Å². The van der Waals surface area contributed by atoms with Crippen LogP contribution in [0.1, 0.15) is 21.6 Å². The number of benzene rings is 3. The Balaban J connectivity index is 1.65. The van der Waals surface area contributed by atoms with Gasteiger partial charge in [-0.25, -0.2) is 9.48 Å². The molecule has 0 N–H and O–H groups in total. The molecule has 5 nitrogen and oxygen atoms in total. The largest absolute Gasteiger partial charge is 0.456 e. The summed E-state index contributed by atoms with van der Waals surface area (Å²) in [5, 5.41) is 5.30. The molecule has 1 heterocycles. The third-order valence-corrected chi connectivity index (χ3v) is 5.51. The van der Waals surface area contributed by atoms with Crippen LogP contribution in [0.3, 0.4) is 0 Å². The Labute approximate surface area is 178 Å². The number of hydrogen-bond donors (Lipinski definition) is 0. The lowest BCUT2D eigenvalue weighted by Gasteiger charge is -2.11. The highest BCUT2D eigenvalue weighted by Crippen LogP contribution is 2.18. The summed E-state index contributed by atoms with van der Waals surface area (Å²) in [5.41, 5.74) is 1.72. The number of ether oxygens (including phenoxy) is 1. The van der Waals surface area contributed by atoms with E-state index < -0.39 is 5.97 Å². The first-order valence-corrected chi connectivity index (χ1v) is 10.7. The number of rotatable bonds is 6. The van der Waals surface area contributed by atoms with Crippen molar-refractivity contribution in [2.75, 3.05) is 6.26 Å². The molecule has 0 amide bonds. The molecule has 30 heavy (non-hydrogen) atoms. The summed E-state index contributed by atoms with van der Waals surface area (Å²) < 4.78 is 6.84. The summed E-state index contributed by atoms with van der Waals surface area (Å²) in [6, 6.07) is 24.4. The molecule has 150 valence electrons. The molecule has 0 fully saturated rings. The van der Waals surface area contributed by atoms with Crippen LogP contribution in [0.5, 0.6) is 0 Å². The van der Waals surface area contributed by atoms with Gasteiger partial charge in [0.05, 0.1) is 11.9 Å². The van der Waals surface area contributed by atoms with Crippen LogP contribution in [0.15, 0.2) is 88.6 Å². The van der Waals surface area contributed by atoms with Gasteiger partial charge in [0.1, 0.15) is 6.61 Å². The number of aromatic nitrogens is 2. The van der Waals surface area contributed by atoms with Gasteiger partial charge in [0.25, 0.3) is 5.56 Å². The van der Waals surface area contributed by atoms with Crippen molar-refractivity contribution in [2.45, 2.75) is 18.0 Å². The molecule has 0 saturated carbocycles. The number of fused-ring (bicyclic) bond motifs is 1. The van der Waals surface area contributed by atoms with Crippen molar-refractivity contribution in [3.63, 3.8) is 0 Å². The van der Waals surface area contributed by atoms with Crippen LogP contribution in [0, 0.1) is 0 Å². The van der Waals surface area contributed by atoms with Crippen LogP contribution in [-0.4, -0.2) is 22.0 Å². The van der Waals surface area contributed by atoms with Crippen molar-refractivity contribution in [3.05, 3.63) is 106 Å². The van der Waals surface area contributed by atoms with Crippen LogP contribution >= 0.6 is 11.8 Å². The van der Waals surface area contributed by atoms with E-state index in [1.54, 1.807) is 36.0 Å². The molecule has 0 aliphatic rings. The Hall–Kier alpha value is -3.38. The fourth-order valence-electron chi connectivity index (χ4n) is 3.19. The Kier molecular flexibility index (Phi) is 5.95. The Morgan fingerprint density at radius 1 is 0.900 bits per heavy atom. The van der Waals surface area contributed by atoms with Gasteiger partial charge in [0.15, 0.2) is 5.69 Å². The van der Waals surface area contributed by atoms with Crippen molar-refractivity contribution >= 4 is 28.5 Å². The van der Waals surface area contributed by atoms with E-state index >= 15 is 0 Å². The van der Waals surface area contributed by atoms with Gasteiger partial charge in [0, 0.05) is 10.3 Å². The highest BCUT2D eigenvalue weighted by Gasteiger charge is 2.18. The van der Waals surface area contributed by atoms with Crippen molar-refractivity contribution in [2.24, 2.45) is 0 Å². The zero-order valence-electron chi connectivity index (χ0n) is 16.4. The fraction of sp³-hybridized carbons (Fsp3) is 0.125. The van der Waals surface area contributed by atoms with E-state index in [2.05, 4.69) is 5.10 Å². The predicted molar refractivity (Wildman–Crippen MR) is 119 cm³/mol. The second-order valence-corrected chi connectivity index (χ2v) is 7.65. The van der Waals surface area contributed by atoms with Crippen LogP contribution < -0.4 is 5.56 Å². The lowest BCUT2D eigenvalue weighted by atomic mass is 10.1. The predicted octanol–water partition coefficient (Wildman–Crippen LogP) is 4.52. The Morgan fingerprint density at radius 3 is 2.27 bits per heavy atom. The van der Waals surface area contributed by atoms with Gasteiger partial charge in [0.2, 0.25) is 0 Å². The maximum atomic E-state index is 12.9. The Morgan fingerprint density at radius 2 is 1.57 bits per heavy atom. The van der Waals surface area contributed by atoms with Crippen LogP contribution in [0.25, 0.3) is 10.8 Å². The van der Waals surface area contributed by atoms with Crippen LogP contribution in [-0.2, 0) is 17.9 Å². The quantitative estimate of drug-likeness (QED) is 0.342. The van der Waals surface area contributed by atoms with Gasteiger partial charge < -0.3 is 4.74 Å². The number of nitrogens with zero attached hydrogens (tertiary/aromatic N) is 2. The van der Waals surface area contributed by atoms with Gasteiger partial charge in [-0.05, 0) is 35.6 Å². The maximum Gasteiger partial charge on any atom is 0.359 e. The molecular weight excluding hydrogens is 396 g/mol. The average Bonchev–Trinajstić information content (AvgIpc) is 2.80. The number of thioether (sulfide) groups is 1. The summed E-state index contributed by atoms with van der Waals surface area (Å²) in [6.45, 7) is 0.419. The highest BCUT2D eigenvalue weighted by molar-refractivity contribution is 7.98. The normalized spacial score (nSPS) is 10.8. The minimum absolute atomic E-state index is 0.140. The third-order valence-electron chi connectivity index (χ3n) is 4.77. The molecule has 4 aromatic rings.